The van der Waals surface area contributed by atoms with Gasteiger partial charge in [-0.1, -0.05) is 23.7 Å². The standard InChI is InChI=1S/C18H14ClF3O2S/c19-16-8-11-6-12(17(24)15(11)7-13(16)9-23)5-10-1-3-14(4-2-10)25-18(20,21)22/h1-4,7-8,12,23H,5-6,9H2. The number of fused-ring (bicyclic) bond motifs is 1. The van der Waals surface area contributed by atoms with E-state index in [1.807, 2.05) is 0 Å². The van der Waals surface area contributed by atoms with E-state index in [-0.39, 0.29) is 35.0 Å². The molecule has 1 atom stereocenters. The molecule has 0 saturated heterocycles. The predicted octanol–water partition coefficient (Wildman–Crippen LogP) is 5.04. The maximum atomic E-state index is 12.6. The summed E-state index contributed by atoms with van der Waals surface area (Å²) in [5, 5.41) is 9.70. The van der Waals surface area contributed by atoms with E-state index in [9.17, 15) is 23.1 Å². The van der Waals surface area contributed by atoms with Crippen LogP contribution in [0.5, 0.6) is 0 Å². The van der Waals surface area contributed by atoms with Gasteiger partial charge in [0.1, 0.15) is 0 Å². The third kappa shape index (κ3) is 4.19. The highest BCUT2D eigenvalue weighted by molar-refractivity contribution is 8.00. The second-order valence-electron chi connectivity index (χ2n) is 5.92. The molecule has 1 aliphatic carbocycles. The molecule has 2 aromatic carbocycles. The summed E-state index contributed by atoms with van der Waals surface area (Å²) in [7, 11) is 0. The number of hydrogen-bond acceptors (Lipinski definition) is 3. The zero-order valence-corrected chi connectivity index (χ0v) is 14.5. The molecular weight excluding hydrogens is 373 g/mol. The van der Waals surface area contributed by atoms with Crippen molar-refractivity contribution in [3.63, 3.8) is 0 Å². The van der Waals surface area contributed by atoms with Gasteiger partial charge in [0.2, 0.25) is 0 Å². The lowest BCUT2D eigenvalue weighted by atomic mass is 9.96. The first-order valence-corrected chi connectivity index (χ1v) is 8.77. The van der Waals surface area contributed by atoms with Gasteiger partial charge in [-0.15, -0.1) is 0 Å². The topological polar surface area (TPSA) is 37.3 Å². The highest BCUT2D eigenvalue weighted by atomic mass is 35.5. The second-order valence-corrected chi connectivity index (χ2v) is 7.47. The zero-order chi connectivity index (χ0) is 18.2. The van der Waals surface area contributed by atoms with Crippen molar-refractivity contribution in [2.75, 3.05) is 0 Å². The number of halogens is 4. The molecule has 0 aliphatic heterocycles. The van der Waals surface area contributed by atoms with Crippen LogP contribution >= 0.6 is 23.4 Å². The first kappa shape index (κ1) is 18.3. The number of rotatable bonds is 4. The Balaban J connectivity index is 1.73. The van der Waals surface area contributed by atoms with Gasteiger partial charge in [0.15, 0.2) is 5.78 Å². The van der Waals surface area contributed by atoms with Crippen molar-refractivity contribution >= 4 is 29.1 Å². The second kappa shape index (κ2) is 7.02. The number of hydrogen-bond donors (Lipinski definition) is 1. The normalized spacial score (nSPS) is 17.0. The first-order valence-electron chi connectivity index (χ1n) is 7.58. The van der Waals surface area contributed by atoms with E-state index >= 15 is 0 Å². The number of aliphatic hydroxyl groups excluding tert-OH is 1. The fourth-order valence-corrected chi connectivity index (χ4v) is 3.82. The number of alkyl halides is 3. The van der Waals surface area contributed by atoms with Crippen molar-refractivity contribution in [3.8, 4) is 0 Å². The van der Waals surface area contributed by atoms with Crippen LogP contribution in [0.3, 0.4) is 0 Å². The van der Waals surface area contributed by atoms with Gasteiger partial charge >= 0.3 is 5.51 Å². The molecule has 2 nitrogen and oxygen atoms in total. The summed E-state index contributed by atoms with van der Waals surface area (Å²) in [6.07, 6.45) is 0.995. The molecule has 1 unspecified atom stereocenters. The predicted molar refractivity (Wildman–Crippen MR) is 91.0 cm³/mol. The average molecular weight is 387 g/mol. The summed E-state index contributed by atoms with van der Waals surface area (Å²) in [5.74, 6) is -0.281. The minimum atomic E-state index is -4.31. The highest BCUT2D eigenvalue weighted by Gasteiger charge is 2.32. The van der Waals surface area contributed by atoms with E-state index in [4.69, 9.17) is 11.6 Å². The number of carbonyl (C=O) groups excluding carboxylic acids is 1. The van der Waals surface area contributed by atoms with E-state index in [2.05, 4.69) is 0 Å². The minimum absolute atomic E-state index is 0.0184. The SMILES string of the molecule is O=C1c2cc(CO)c(Cl)cc2CC1Cc1ccc(SC(F)(F)F)cc1. The Labute approximate surface area is 152 Å². The number of benzene rings is 2. The average Bonchev–Trinajstić information content (AvgIpc) is 2.82. The summed E-state index contributed by atoms with van der Waals surface area (Å²) in [6, 6.07) is 9.42. The zero-order valence-electron chi connectivity index (χ0n) is 12.9. The lowest BCUT2D eigenvalue weighted by Crippen LogP contribution is -2.12. The van der Waals surface area contributed by atoms with Gasteiger partial charge in [-0.3, -0.25) is 4.79 Å². The highest BCUT2D eigenvalue weighted by Crippen LogP contribution is 2.37. The Morgan fingerprint density at radius 1 is 1.20 bits per heavy atom. The van der Waals surface area contributed by atoms with Gasteiger partial charge in [-0.2, -0.15) is 13.2 Å². The molecular formula is C18H14ClF3O2S. The van der Waals surface area contributed by atoms with Crippen LogP contribution in [0.25, 0.3) is 0 Å². The monoisotopic (exact) mass is 386 g/mol. The third-order valence-corrected chi connectivity index (χ3v) is 5.28. The molecule has 7 heteroatoms. The Hall–Kier alpha value is -1.50. The van der Waals surface area contributed by atoms with E-state index in [0.29, 0.717) is 29.0 Å². The molecule has 0 amide bonds. The van der Waals surface area contributed by atoms with Crippen molar-refractivity contribution < 1.29 is 23.1 Å². The fourth-order valence-electron chi connectivity index (χ4n) is 3.03. The number of aliphatic hydroxyl groups is 1. The fraction of sp³-hybridized carbons (Fsp3) is 0.278. The quantitative estimate of drug-likeness (QED) is 0.748. The van der Waals surface area contributed by atoms with Gasteiger partial charge in [0.25, 0.3) is 0 Å². The molecule has 1 N–H and O–H groups in total. The van der Waals surface area contributed by atoms with Crippen molar-refractivity contribution in [1.82, 2.24) is 0 Å². The Morgan fingerprint density at radius 3 is 2.48 bits per heavy atom. The van der Waals surface area contributed by atoms with E-state index < -0.39 is 5.51 Å². The Kier molecular flexibility index (Phi) is 5.14. The summed E-state index contributed by atoms with van der Waals surface area (Å²) >= 11 is 5.91. The van der Waals surface area contributed by atoms with E-state index in [1.165, 1.54) is 12.1 Å². The van der Waals surface area contributed by atoms with Crippen LogP contribution < -0.4 is 0 Å². The van der Waals surface area contributed by atoms with Crippen molar-refractivity contribution in [3.05, 3.63) is 63.7 Å². The minimum Gasteiger partial charge on any atom is -0.392 e. The van der Waals surface area contributed by atoms with Crippen molar-refractivity contribution in [2.24, 2.45) is 5.92 Å². The van der Waals surface area contributed by atoms with Crippen LogP contribution in [0, 0.1) is 5.92 Å². The maximum Gasteiger partial charge on any atom is 0.446 e. The molecule has 0 bridgehead atoms. The van der Waals surface area contributed by atoms with Crippen LogP contribution in [0.4, 0.5) is 13.2 Å². The van der Waals surface area contributed by atoms with Gasteiger partial charge in [0, 0.05) is 21.4 Å². The van der Waals surface area contributed by atoms with Crippen LogP contribution in [0.1, 0.15) is 27.0 Å². The number of ketones is 1. The third-order valence-electron chi connectivity index (χ3n) is 4.18. The summed E-state index contributed by atoms with van der Waals surface area (Å²) in [4.78, 5) is 12.7. The lowest BCUT2D eigenvalue weighted by Gasteiger charge is -2.09. The molecule has 0 spiro atoms. The molecule has 132 valence electrons. The maximum absolute atomic E-state index is 12.6. The number of thioether (sulfide) groups is 1. The molecule has 0 aromatic heterocycles. The van der Waals surface area contributed by atoms with Crippen LogP contribution in [-0.2, 0) is 19.4 Å². The molecule has 2 aromatic rings. The van der Waals surface area contributed by atoms with Crippen molar-refractivity contribution in [1.29, 1.82) is 0 Å². The molecule has 1 aliphatic rings. The number of Topliss-reactive ketones (excluding diaryl/α,β-unsaturated/α-hetero) is 1. The lowest BCUT2D eigenvalue weighted by molar-refractivity contribution is -0.0328. The smallest absolute Gasteiger partial charge is 0.392 e. The molecule has 0 heterocycles. The largest absolute Gasteiger partial charge is 0.446 e. The van der Waals surface area contributed by atoms with E-state index in [0.717, 1.165) is 11.1 Å². The number of carbonyl (C=O) groups is 1. The summed E-state index contributed by atoms with van der Waals surface area (Å²) < 4.78 is 37.1. The van der Waals surface area contributed by atoms with E-state index in [1.54, 1.807) is 24.3 Å². The Bertz CT molecular complexity index is 803. The van der Waals surface area contributed by atoms with Crippen LogP contribution in [0.15, 0.2) is 41.3 Å². The Morgan fingerprint density at radius 2 is 1.88 bits per heavy atom. The summed E-state index contributed by atoms with van der Waals surface area (Å²) in [5.41, 5.74) is -1.56. The van der Waals surface area contributed by atoms with Crippen LogP contribution in [0.2, 0.25) is 5.02 Å². The summed E-state index contributed by atoms with van der Waals surface area (Å²) in [6.45, 7) is -0.234. The van der Waals surface area contributed by atoms with Crippen molar-refractivity contribution in [2.45, 2.75) is 29.9 Å². The van der Waals surface area contributed by atoms with Gasteiger partial charge in [-0.25, -0.2) is 0 Å². The molecule has 3 rings (SSSR count). The first-order chi connectivity index (χ1) is 11.8. The molecule has 0 radical (unpaired) electrons. The van der Waals surface area contributed by atoms with Crippen LogP contribution in [-0.4, -0.2) is 16.4 Å². The molecule has 25 heavy (non-hydrogen) atoms. The van der Waals surface area contributed by atoms with Gasteiger partial charge in [0.05, 0.1) is 6.61 Å². The molecule has 0 fully saturated rings. The molecule has 0 saturated carbocycles. The van der Waals surface area contributed by atoms with Gasteiger partial charge < -0.3 is 5.11 Å². The van der Waals surface area contributed by atoms with Gasteiger partial charge in [-0.05, 0) is 65.6 Å².